The summed E-state index contributed by atoms with van der Waals surface area (Å²) in [5.41, 5.74) is -0.753. The van der Waals surface area contributed by atoms with E-state index in [-0.39, 0.29) is 34.7 Å². The summed E-state index contributed by atoms with van der Waals surface area (Å²) in [5, 5.41) is 9.47. The van der Waals surface area contributed by atoms with Gasteiger partial charge in [-0.15, -0.1) is 0 Å². The molecular weight excluding hydrogens is 476 g/mol. The summed E-state index contributed by atoms with van der Waals surface area (Å²) in [6.45, 7) is 12.9. The van der Waals surface area contributed by atoms with Gasteiger partial charge in [0.15, 0.2) is 0 Å². The van der Waals surface area contributed by atoms with Crippen LogP contribution in [0.15, 0.2) is 0 Å². The van der Waals surface area contributed by atoms with Crippen molar-refractivity contribution in [1.82, 2.24) is 0 Å². The monoisotopic (exact) mass is 528 g/mol. The summed E-state index contributed by atoms with van der Waals surface area (Å²) in [6.07, 6.45) is 15.2. The van der Waals surface area contributed by atoms with E-state index in [0.29, 0.717) is 29.1 Å². The van der Waals surface area contributed by atoms with Gasteiger partial charge in [-0.1, -0.05) is 40.5 Å². The van der Waals surface area contributed by atoms with Crippen molar-refractivity contribution >= 4 is 18.2 Å². The van der Waals surface area contributed by atoms with Gasteiger partial charge in [-0.25, -0.2) is 0 Å². The molecule has 0 heterocycles. The minimum absolute atomic E-state index is 0.0388. The molecule has 0 aliphatic heterocycles. The van der Waals surface area contributed by atoms with Crippen LogP contribution in [0, 0.1) is 56.7 Å². The minimum Gasteiger partial charge on any atom is -0.481 e. The average Bonchev–Trinajstić information content (AvgIpc) is 2.84. The second-order valence-corrected chi connectivity index (χ2v) is 15.9. The molecule has 5 aliphatic carbocycles. The number of carboxylic acid groups (broad SMARTS) is 1. The molecule has 1 N–H and O–H groups in total. The smallest absolute Gasteiger partial charge is 0.309 e. The lowest BCUT2D eigenvalue weighted by molar-refractivity contribution is -0.224. The number of rotatable bonds is 5. The highest BCUT2D eigenvalue weighted by molar-refractivity contribution is 5.81. The molecule has 5 aliphatic rings. The van der Waals surface area contributed by atoms with Crippen LogP contribution in [0.3, 0.4) is 0 Å². The molecule has 5 saturated carbocycles. The van der Waals surface area contributed by atoms with E-state index >= 15 is 0 Å². The van der Waals surface area contributed by atoms with E-state index in [1.54, 1.807) is 13.8 Å². The molecule has 5 fully saturated rings. The number of ether oxygens (including phenoxy) is 1. The first-order chi connectivity index (χ1) is 17.7. The molecule has 0 aromatic carbocycles. The van der Waals surface area contributed by atoms with E-state index in [2.05, 4.69) is 27.7 Å². The Kier molecular flexibility index (Phi) is 6.91. The predicted octanol–water partition coefficient (Wildman–Crippen LogP) is 7.45. The van der Waals surface area contributed by atoms with Crippen LogP contribution in [-0.2, 0) is 19.1 Å². The van der Waals surface area contributed by atoms with Crippen molar-refractivity contribution in [3.05, 3.63) is 0 Å². The number of hydrogen-bond acceptors (Lipinski definition) is 4. The van der Waals surface area contributed by atoms with Crippen LogP contribution in [0.5, 0.6) is 0 Å². The van der Waals surface area contributed by atoms with Crippen molar-refractivity contribution in [2.24, 2.45) is 56.7 Å². The van der Waals surface area contributed by atoms with Gasteiger partial charge >= 0.3 is 11.9 Å². The topological polar surface area (TPSA) is 80.7 Å². The lowest BCUT2D eigenvalue weighted by Crippen LogP contribution is -2.64. The molecule has 9 unspecified atom stereocenters. The highest BCUT2D eigenvalue weighted by Gasteiger charge is 2.66. The zero-order chi connectivity index (χ0) is 27.7. The van der Waals surface area contributed by atoms with Crippen molar-refractivity contribution in [1.29, 1.82) is 0 Å². The Balaban J connectivity index is 1.35. The maximum Gasteiger partial charge on any atom is 0.309 e. The fraction of sp³-hybridized carbons (Fsp3) is 0.909. The summed E-state index contributed by atoms with van der Waals surface area (Å²) in [7, 11) is 0. The summed E-state index contributed by atoms with van der Waals surface area (Å²) >= 11 is 0. The van der Waals surface area contributed by atoms with Crippen molar-refractivity contribution in [3.8, 4) is 0 Å². The third kappa shape index (κ3) is 4.10. The number of carbonyl (C=O) groups is 3. The molecule has 0 bridgehead atoms. The number of carbonyl (C=O) groups excluding carboxylic acids is 2. The maximum absolute atomic E-state index is 12.9. The second kappa shape index (κ2) is 9.33. The molecule has 0 spiro atoms. The average molecular weight is 529 g/mol. The number of carboxylic acids is 1. The molecular formula is C33H52O5. The molecule has 0 saturated heterocycles. The van der Waals surface area contributed by atoms with E-state index in [9.17, 15) is 19.5 Å². The van der Waals surface area contributed by atoms with Gasteiger partial charge in [0, 0.05) is 10.8 Å². The molecule has 5 rings (SSSR count). The summed E-state index contributed by atoms with van der Waals surface area (Å²) in [4.78, 5) is 36.8. The largest absolute Gasteiger partial charge is 0.481 e. The lowest BCUT2D eigenvalue weighted by atomic mass is 9.35. The fourth-order valence-electron chi connectivity index (χ4n) is 11.5. The van der Waals surface area contributed by atoms with Crippen molar-refractivity contribution < 1.29 is 24.2 Å². The van der Waals surface area contributed by atoms with E-state index in [1.165, 1.54) is 51.2 Å². The molecule has 0 amide bonds. The molecule has 0 aromatic heterocycles. The third-order valence-corrected chi connectivity index (χ3v) is 13.4. The molecule has 5 nitrogen and oxygen atoms in total. The lowest BCUT2D eigenvalue weighted by Gasteiger charge is -2.69. The third-order valence-electron chi connectivity index (χ3n) is 13.4. The Morgan fingerprint density at radius 3 is 2.24 bits per heavy atom. The van der Waals surface area contributed by atoms with Gasteiger partial charge in [0.1, 0.15) is 12.4 Å². The molecule has 9 atom stereocenters. The zero-order valence-corrected chi connectivity index (χ0v) is 24.8. The number of aliphatic carboxylic acids is 1. The molecule has 214 valence electrons. The van der Waals surface area contributed by atoms with Crippen molar-refractivity contribution in [2.45, 2.75) is 131 Å². The maximum atomic E-state index is 12.9. The van der Waals surface area contributed by atoms with Crippen LogP contribution in [-0.4, -0.2) is 29.4 Å². The first-order valence-electron chi connectivity index (χ1n) is 15.6. The number of esters is 1. The minimum atomic E-state index is -1.12. The van der Waals surface area contributed by atoms with Gasteiger partial charge in [-0.2, -0.15) is 0 Å². The quantitative estimate of drug-likeness (QED) is 0.296. The van der Waals surface area contributed by atoms with Crippen LogP contribution in [0.4, 0.5) is 0 Å². The summed E-state index contributed by atoms with van der Waals surface area (Å²) in [6, 6.07) is 0. The zero-order valence-electron chi connectivity index (χ0n) is 24.8. The van der Waals surface area contributed by atoms with Gasteiger partial charge in [0.05, 0.1) is 11.8 Å². The van der Waals surface area contributed by atoms with Crippen LogP contribution in [0.1, 0.15) is 125 Å². The SMILES string of the molecule is CC(C)(CC(=O)OC1CCC2(C)C(CCC3(C)C4CCC5(C=O)CCCCC5C4CCC32)C1(C)C)C(=O)O. The Morgan fingerprint density at radius 1 is 0.842 bits per heavy atom. The van der Waals surface area contributed by atoms with Crippen LogP contribution in [0.25, 0.3) is 0 Å². The number of hydrogen-bond donors (Lipinski definition) is 1. The van der Waals surface area contributed by atoms with Gasteiger partial charge < -0.3 is 14.6 Å². The van der Waals surface area contributed by atoms with E-state index in [0.717, 1.165) is 38.0 Å². The van der Waals surface area contributed by atoms with E-state index < -0.39 is 11.4 Å². The molecule has 0 aromatic rings. The van der Waals surface area contributed by atoms with Gasteiger partial charge in [0.25, 0.3) is 0 Å². The fourth-order valence-corrected chi connectivity index (χ4v) is 11.5. The van der Waals surface area contributed by atoms with Gasteiger partial charge in [-0.3, -0.25) is 9.59 Å². The first-order valence-corrected chi connectivity index (χ1v) is 15.6. The standard InChI is InChI=1S/C33H52O5/c1-29(2,28(36)37)19-27(35)38-26-14-17-32(6)24(30(26,3)4)13-16-31(5)22-12-18-33(20-34)15-8-7-9-23(33)21(22)10-11-25(31)32/h20-26H,7-19H2,1-6H3,(H,36,37). The van der Waals surface area contributed by atoms with Crippen molar-refractivity contribution in [3.63, 3.8) is 0 Å². The number of fused-ring (bicyclic) bond motifs is 7. The first kappa shape index (κ1) is 28.1. The van der Waals surface area contributed by atoms with Crippen LogP contribution >= 0.6 is 0 Å². The Labute approximate surface area is 230 Å². The Bertz CT molecular complexity index is 968. The summed E-state index contributed by atoms with van der Waals surface area (Å²) < 4.78 is 6.08. The van der Waals surface area contributed by atoms with Crippen molar-refractivity contribution in [2.75, 3.05) is 0 Å². The molecule has 38 heavy (non-hydrogen) atoms. The number of aldehydes is 1. The second-order valence-electron chi connectivity index (χ2n) is 15.9. The van der Waals surface area contributed by atoms with Crippen LogP contribution < -0.4 is 0 Å². The van der Waals surface area contributed by atoms with Gasteiger partial charge in [-0.05, 0) is 118 Å². The summed E-state index contributed by atoms with van der Waals surface area (Å²) in [5.74, 6) is 1.84. The van der Waals surface area contributed by atoms with Gasteiger partial charge in [0.2, 0.25) is 0 Å². The van der Waals surface area contributed by atoms with E-state index in [4.69, 9.17) is 4.74 Å². The predicted molar refractivity (Wildman–Crippen MR) is 147 cm³/mol. The Hall–Kier alpha value is -1.39. The highest BCUT2D eigenvalue weighted by Crippen LogP contribution is 2.72. The van der Waals surface area contributed by atoms with Crippen LogP contribution in [0.2, 0.25) is 0 Å². The Morgan fingerprint density at radius 2 is 1.55 bits per heavy atom. The molecule has 5 heteroatoms. The van der Waals surface area contributed by atoms with E-state index in [1.807, 2.05) is 0 Å². The highest BCUT2D eigenvalue weighted by atomic mass is 16.5. The normalized spacial score (nSPS) is 45.9. The molecule has 0 radical (unpaired) electrons.